The lowest BCUT2D eigenvalue weighted by Gasteiger charge is -2.24. The van der Waals surface area contributed by atoms with E-state index in [9.17, 15) is 10.2 Å². The lowest BCUT2D eigenvalue weighted by molar-refractivity contribution is -0.0791. The molecule has 1 rings (SSSR count). The molecular formula is C7H12O4. The van der Waals surface area contributed by atoms with Gasteiger partial charge in [0.25, 0.3) is 0 Å². The van der Waals surface area contributed by atoms with Crippen molar-refractivity contribution in [3.8, 4) is 0 Å². The van der Waals surface area contributed by atoms with E-state index < -0.39 is 23.9 Å². The first-order valence-electron chi connectivity index (χ1n) is 3.42. The monoisotopic (exact) mass is 160 g/mol. The Labute approximate surface area is 65.4 Å². The molecule has 11 heavy (non-hydrogen) atoms. The zero-order valence-electron chi connectivity index (χ0n) is 6.27. The van der Waals surface area contributed by atoms with Crippen LogP contribution in [0.4, 0.5) is 0 Å². The molecule has 0 aromatic heterocycles. The minimum atomic E-state index is -1.45. The van der Waals surface area contributed by atoms with Crippen molar-refractivity contribution >= 4 is 0 Å². The van der Waals surface area contributed by atoms with Crippen molar-refractivity contribution < 1.29 is 20.1 Å². The molecule has 0 aliphatic carbocycles. The second kappa shape index (κ2) is 2.71. The van der Waals surface area contributed by atoms with Gasteiger partial charge in [-0.1, -0.05) is 0 Å². The van der Waals surface area contributed by atoms with Crippen molar-refractivity contribution in [1.29, 1.82) is 0 Å². The average molecular weight is 160 g/mol. The van der Waals surface area contributed by atoms with E-state index in [1.807, 2.05) is 0 Å². The quantitative estimate of drug-likeness (QED) is 0.440. The highest BCUT2D eigenvalue weighted by molar-refractivity contribution is 5.01. The van der Waals surface area contributed by atoms with Crippen molar-refractivity contribution in [1.82, 2.24) is 0 Å². The highest BCUT2D eigenvalue weighted by atomic mass is 16.6. The van der Waals surface area contributed by atoms with Crippen LogP contribution in [0.5, 0.6) is 0 Å². The standard InChI is InChI=1S/C7H12O4/c1-4-6(9)7(2,10)5(3-8)11-4/h1,4-6,8-10H,3H2,2H3/t4-,5+,6?,7-/m0/s1. The van der Waals surface area contributed by atoms with Crippen molar-refractivity contribution in [3.05, 3.63) is 6.92 Å². The summed E-state index contributed by atoms with van der Waals surface area (Å²) in [7, 11) is 0. The van der Waals surface area contributed by atoms with Gasteiger partial charge in [0.2, 0.25) is 0 Å². The molecular weight excluding hydrogens is 148 g/mol. The van der Waals surface area contributed by atoms with Crippen molar-refractivity contribution in [3.63, 3.8) is 0 Å². The number of ether oxygens (including phenoxy) is 1. The van der Waals surface area contributed by atoms with Crippen LogP contribution in [0.2, 0.25) is 0 Å². The van der Waals surface area contributed by atoms with Crippen LogP contribution >= 0.6 is 0 Å². The van der Waals surface area contributed by atoms with Gasteiger partial charge in [-0.15, -0.1) is 0 Å². The molecule has 0 spiro atoms. The number of aliphatic hydroxyl groups is 3. The molecule has 0 aromatic rings. The molecule has 4 atom stereocenters. The maximum atomic E-state index is 9.48. The number of aliphatic hydroxyl groups excluding tert-OH is 2. The normalized spacial score (nSPS) is 51.5. The number of hydrogen-bond acceptors (Lipinski definition) is 4. The Morgan fingerprint density at radius 1 is 1.64 bits per heavy atom. The second-order valence-corrected chi connectivity index (χ2v) is 2.94. The first-order valence-corrected chi connectivity index (χ1v) is 3.42. The van der Waals surface area contributed by atoms with Crippen LogP contribution in [0, 0.1) is 6.92 Å². The minimum Gasteiger partial charge on any atom is -0.394 e. The summed E-state index contributed by atoms with van der Waals surface area (Å²) in [6, 6.07) is 0. The SMILES string of the molecule is [CH][C@@H]1O[C@H](CO)[C@](C)(O)C1O. The van der Waals surface area contributed by atoms with Gasteiger partial charge >= 0.3 is 0 Å². The third-order valence-electron chi connectivity index (χ3n) is 2.05. The Hall–Kier alpha value is -0.160. The van der Waals surface area contributed by atoms with E-state index in [1.54, 1.807) is 0 Å². The molecule has 0 bridgehead atoms. The summed E-state index contributed by atoms with van der Waals surface area (Å²) < 4.78 is 4.87. The molecule has 4 heteroatoms. The van der Waals surface area contributed by atoms with Crippen molar-refractivity contribution in [2.24, 2.45) is 0 Å². The Morgan fingerprint density at radius 3 is 2.36 bits per heavy atom. The van der Waals surface area contributed by atoms with Crippen LogP contribution in [-0.2, 0) is 4.74 Å². The molecule has 3 N–H and O–H groups in total. The zero-order chi connectivity index (χ0) is 8.65. The molecule has 64 valence electrons. The molecule has 0 amide bonds. The van der Waals surface area contributed by atoms with Crippen LogP contribution in [0.3, 0.4) is 0 Å². The fourth-order valence-electron chi connectivity index (χ4n) is 1.15. The molecule has 1 heterocycles. The van der Waals surface area contributed by atoms with Gasteiger partial charge in [-0.25, -0.2) is 0 Å². The van der Waals surface area contributed by atoms with Gasteiger partial charge in [0.1, 0.15) is 17.8 Å². The fourth-order valence-corrected chi connectivity index (χ4v) is 1.15. The maximum absolute atomic E-state index is 9.48. The first-order chi connectivity index (χ1) is 5.00. The average Bonchev–Trinajstić information content (AvgIpc) is 2.13. The van der Waals surface area contributed by atoms with Crippen LogP contribution in [-0.4, -0.2) is 45.8 Å². The van der Waals surface area contributed by atoms with E-state index in [0.29, 0.717) is 0 Å². The van der Waals surface area contributed by atoms with Crippen LogP contribution < -0.4 is 0 Å². The molecule has 2 radical (unpaired) electrons. The topological polar surface area (TPSA) is 69.9 Å². The van der Waals surface area contributed by atoms with Crippen LogP contribution in [0.25, 0.3) is 0 Å². The highest BCUT2D eigenvalue weighted by Gasteiger charge is 2.49. The lowest BCUT2D eigenvalue weighted by atomic mass is 9.94. The summed E-state index contributed by atoms with van der Waals surface area (Å²) in [5.74, 6) is 0. The second-order valence-electron chi connectivity index (χ2n) is 2.94. The predicted octanol–water partition coefficient (Wildman–Crippen LogP) is -1.43. The maximum Gasteiger partial charge on any atom is 0.119 e. The fraction of sp³-hybridized carbons (Fsp3) is 0.857. The molecule has 1 saturated heterocycles. The summed E-state index contributed by atoms with van der Waals surface area (Å²) in [4.78, 5) is 0. The van der Waals surface area contributed by atoms with E-state index >= 15 is 0 Å². The smallest absolute Gasteiger partial charge is 0.119 e. The van der Waals surface area contributed by atoms with E-state index in [0.717, 1.165) is 0 Å². The number of hydrogen-bond donors (Lipinski definition) is 3. The predicted molar refractivity (Wildman–Crippen MR) is 36.7 cm³/mol. The first kappa shape index (κ1) is 8.93. The molecule has 1 fully saturated rings. The van der Waals surface area contributed by atoms with E-state index in [-0.39, 0.29) is 6.61 Å². The van der Waals surface area contributed by atoms with E-state index in [4.69, 9.17) is 16.8 Å². The highest BCUT2D eigenvalue weighted by Crippen LogP contribution is 2.29. The van der Waals surface area contributed by atoms with Crippen molar-refractivity contribution in [2.75, 3.05) is 6.61 Å². The van der Waals surface area contributed by atoms with Gasteiger partial charge in [0.15, 0.2) is 0 Å². The van der Waals surface area contributed by atoms with Gasteiger partial charge in [-0.3, -0.25) is 0 Å². The third-order valence-corrected chi connectivity index (χ3v) is 2.05. The minimum absolute atomic E-state index is 0.349. The summed E-state index contributed by atoms with van der Waals surface area (Å²) in [6.45, 7) is 6.31. The molecule has 1 aliphatic rings. The summed E-state index contributed by atoms with van der Waals surface area (Å²) in [5.41, 5.74) is -1.45. The van der Waals surface area contributed by atoms with Crippen LogP contribution in [0.15, 0.2) is 0 Å². The summed E-state index contributed by atoms with van der Waals surface area (Å²) in [5, 5.41) is 27.4. The third kappa shape index (κ3) is 1.27. The van der Waals surface area contributed by atoms with Gasteiger partial charge in [-0.2, -0.15) is 0 Å². The Bertz CT molecular complexity index is 145. The Balaban J connectivity index is 2.74. The summed E-state index contributed by atoms with van der Waals surface area (Å²) >= 11 is 0. The van der Waals surface area contributed by atoms with E-state index in [2.05, 4.69) is 0 Å². The van der Waals surface area contributed by atoms with Gasteiger partial charge in [0.05, 0.1) is 12.7 Å². The van der Waals surface area contributed by atoms with Gasteiger partial charge in [0, 0.05) is 0 Å². The molecule has 1 unspecified atom stereocenters. The molecule has 1 aliphatic heterocycles. The van der Waals surface area contributed by atoms with Gasteiger partial charge < -0.3 is 20.1 Å². The largest absolute Gasteiger partial charge is 0.394 e. The summed E-state index contributed by atoms with van der Waals surface area (Å²) in [6.07, 6.45) is -2.85. The zero-order valence-corrected chi connectivity index (χ0v) is 6.27. The molecule has 0 aromatic carbocycles. The Kier molecular flexibility index (Phi) is 2.20. The Morgan fingerprint density at radius 2 is 2.18 bits per heavy atom. The lowest BCUT2D eigenvalue weighted by Crippen LogP contribution is -2.46. The van der Waals surface area contributed by atoms with Gasteiger partial charge in [-0.05, 0) is 13.8 Å². The molecule has 4 nitrogen and oxygen atoms in total. The van der Waals surface area contributed by atoms with Crippen molar-refractivity contribution in [2.45, 2.75) is 30.8 Å². The number of rotatable bonds is 1. The van der Waals surface area contributed by atoms with E-state index in [1.165, 1.54) is 6.92 Å². The molecule has 0 saturated carbocycles. The van der Waals surface area contributed by atoms with Crippen LogP contribution in [0.1, 0.15) is 6.92 Å².